The molecule has 3 heterocycles. The van der Waals surface area contributed by atoms with E-state index in [0.29, 0.717) is 17.5 Å². The van der Waals surface area contributed by atoms with Crippen LogP contribution in [0.2, 0.25) is 0 Å². The summed E-state index contributed by atoms with van der Waals surface area (Å²) in [5, 5.41) is 7.16. The molecule has 10 rings (SSSR count). The Bertz CT molecular complexity index is 2340. The van der Waals surface area contributed by atoms with Gasteiger partial charge in [0.1, 0.15) is 0 Å². The molecule has 7 heteroatoms. The molecule has 0 saturated heterocycles. The smallest absolute Gasteiger partial charge is 0.164 e. The van der Waals surface area contributed by atoms with Crippen LogP contribution in [0.25, 0.3) is 34.2 Å². The molecular weight excluding hydrogens is 639 g/mol. The SMILES string of the molecule is c1ccc(-c2nc(-c3ccc(N4c5ccccc5Nc5ccccc54)cc3)nc(-c3ccc(N4c5ccccc5Nc5ccccc54)cc3)n2)cc1. The van der Waals surface area contributed by atoms with E-state index in [1.165, 1.54) is 0 Å². The molecule has 0 saturated carbocycles. The van der Waals surface area contributed by atoms with Gasteiger partial charge in [0.05, 0.1) is 45.5 Å². The molecule has 246 valence electrons. The Hall–Kier alpha value is -7.25. The number of nitrogens with zero attached hydrogens (tertiary/aromatic N) is 5. The standard InChI is InChI=1S/C45H31N7/c1-2-12-30(13-3-1)43-48-44(31-22-26-33(27-23-31)51-39-18-8-4-14-35(39)46-36-15-5-9-19-40(36)51)50-45(49-43)32-24-28-34(29-25-32)52-41-20-10-6-16-37(41)47-38-17-7-11-21-42(38)52/h1-29,46-47H. The topological polar surface area (TPSA) is 69.2 Å². The average molecular weight is 670 g/mol. The summed E-state index contributed by atoms with van der Waals surface area (Å²) >= 11 is 0. The monoisotopic (exact) mass is 669 g/mol. The van der Waals surface area contributed by atoms with E-state index in [2.05, 4.69) is 166 Å². The molecule has 0 bridgehead atoms. The molecule has 1 aromatic heterocycles. The number of nitrogens with one attached hydrogen (secondary N) is 2. The summed E-state index contributed by atoms with van der Waals surface area (Å²) < 4.78 is 0. The quantitative estimate of drug-likeness (QED) is 0.189. The van der Waals surface area contributed by atoms with Gasteiger partial charge in [0.2, 0.25) is 0 Å². The maximum Gasteiger partial charge on any atom is 0.164 e. The van der Waals surface area contributed by atoms with Crippen molar-refractivity contribution < 1.29 is 0 Å². The van der Waals surface area contributed by atoms with Gasteiger partial charge >= 0.3 is 0 Å². The molecule has 0 radical (unpaired) electrons. The van der Waals surface area contributed by atoms with Crippen LogP contribution in [0.4, 0.5) is 56.9 Å². The van der Waals surface area contributed by atoms with Gasteiger partial charge in [-0.2, -0.15) is 0 Å². The minimum absolute atomic E-state index is 0.616. The number of anilines is 10. The lowest BCUT2D eigenvalue weighted by Gasteiger charge is -2.34. The highest BCUT2D eigenvalue weighted by Crippen LogP contribution is 2.49. The van der Waals surface area contributed by atoms with Crippen LogP contribution >= 0.6 is 0 Å². The second-order valence-corrected chi connectivity index (χ2v) is 12.8. The van der Waals surface area contributed by atoms with Gasteiger partial charge in [0.25, 0.3) is 0 Å². The Morgan fingerprint density at radius 3 is 0.923 bits per heavy atom. The van der Waals surface area contributed by atoms with Crippen molar-refractivity contribution in [3.05, 3.63) is 176 Å². The lowest BCUT2D eigenvalue weighted by Crippen LogP contribution is -2.17. The van der Waals surface area contributed by atoms with E-state index in [4.69, 9.17) is 15.0 Å². The Morgan fingerprint density at radius 2 is 0.577 bits per heavy atom. The van der Waals surface area contributed by atoms with Crippen molar-refractivity contribution in [1.82, 2.24) is 15.0 Å². The zero-order valence-corrected chi connectivity index (χ0v) is 28.0. The van der Waals surface area contributed by atoms with E-state index in [0.717, 1.165) is 73.6 Å². The maximum atomic E-state index is 5.06. The summed E-state index contributed by atoms with van der Waals surface area (Å²) in [6.45, 7) is 0. The second kappa shape index (κ2) is 12.3. The third-order valence-corrected chi connectivity index (χ3v) is 9.55. The molecule has 0 fully saturated rings. The number of aromatic nitrogens is 3. The van der Waals surface area contributed by atoms with Gasteiger partial charge in [0, 0.05) is 28.1 Å². The van der Waals surface area contributed by atoms with Gasteiger partial charge < -0.3 is 20.4 Å². The van der Waals surface area contributed by atoms with Crippen molar-refractivity contribution in [2.45, 2.75) is 0 Å². The molecule has 8 aromatic rings. The van der Waals surface area contributed by atoms with E-state index >= 15 is 0 Å². The van der Waals surface area contributed by atoms with Crippen LogP contribution in [0.15, 0.2) is 176 Å². The largest absolute Gasteiger partial charge is 0.352 e. The molecule has 0 atom stereocenters. The summed E-state index contributed by atoms with van der Waals surface area (Å²) in [5.74, 6) is 1.86. The van der Waals surface area contributed by atoms with Gasteiger partial charge in [-0.25, -0.2) is 15.0 Å². The van der Waals surface area contributed by atoms with E-state index in [9.17, 15) is 0 Å². The maximum absolute atomic E-state index is 5.06. The average Bonchev–Trinajstić information content (AvgIpc) is 3.22. The first-order chi connectivity index (χ1) is 25.8. The number of hydrogen-bond donors (Lipinski definition) is 2. The number of para-hydroxylation sites is 8. The molecule has 0 aliphatic carbocycles. The van der Waals surface area contributed by atoms with Crippen molar-refractivity contribution in [1.29, 1.82) is 0 Å². The summed E-state index contributed by atoms with van der Waals surface area (Å²) in [7, 11) is 0. The Kier molecular flexibility index (Phi) is 6.99. The summed E-state index contributed by atoms with van der Waals surface area (Å²) in [6, 6.07) is 60.5. The predicted molar refractivity (Wildman–Crippen MR) is 212 cm³/mol. The summed E-state index contributed by atoms with van der Waals surface area (Å²) in [5.41, 5.74) is 13.5. The third kappa shape index (κ3) is 5.11. The van der Waals surface area contributed by atoms with Crippen LogP contribution < -0.4 is 20.4 Å². The highest BCUT2D eigenvalue weighted by atomic mass is 15.2. The van der Waals surface area contributed by atoms with Crippen LogP contribution in [0.1, 0.15) is 0 Å². The lowest BCUT2D eigenvalue weighted by molar-refractivity contribution is 1.07. The highest BCUT2D eigenvalue weighted by molar-refractivity contribution is 5.98. The number of benzene rings is 7. The Labute approximate surface area is 301 Å². The summed E-state index contributed by atoms with van der Waals surface area (Å²) in [4.78, 5) is 19.6. The molecule has 7 nitrogen and oxygen atoms in total. The first-order valence-electron chi connectivity index (χ1n) is 17.3. The number of rotatable bonds is 5. The van der Waals surface area contributed by atoms with Crippen LogP contribution in [0.3, 0.4) is 0 Å². The fourth-order valence-electron chi connectivity index (χ4n) is 7.07. The fourth-order valence-corrected chi connectivity index (χ4v) is 7.07. The van der Waals surface area contributed by atoms with E-state index in [-0.39, 0.29) is 0 Å². The Balaban J connectivity index is 1.04. The highest BCUT2D eigenvalue weighted by Gasteiger charge is 2.25. The van der Waals surface area contributed by atoms with Crippen LogP contribution in [-0.2, 0) is 0 Å². The van der Waals surface area contributed by atoms with Crippen molar-refractivity contribution >= 4 is 56.9 Å². The molecule has 7 aromatic carbocycles. The van der Waals surface area contributed by atoms with Crippen molar-refractivity contribution in [2.75, 3.05) is 20.4 Å². The van der Waals surface area contributed by atoms with Crippen molar-refractivity contribution in [3.8, 4) is 34.2 Å². The van der Waals surface area contributed by atoms with Crippen LogP contribution in [-0.4, -0.2) is 15.0 Å². The second-order valence-electron chi connectivity index (χ2n) is 12.8. The minimum Gasteiger partial charge on any atom is -0.352 e. The molecule has 2 aliphatic rings. The van der Waals surface area contributed by atoms with Gasteiger partial charge in [0.15, 0.2) is 17.5 Å². The molecule has 2 aliphatic heterocycles. The third-order valence-electron chi connectivity index (χ3n) is 9.55. The number of hydrogen-bond acceptors (Lipinski definition) is 7. The molecule has 0 spiro atoms. The zero-order valence-electron chi connectivity index (χ0n) is 28.0. The predicted octanol–water partition coefficient (Wildman–Crippen LogP) is 11.9. The molecule has 2 N–H and O–H groups in total. The van der Waals surface area contributed by atoms with Gasteiger partial charge in [-0.1, -0.05) is 78.9 Å². The normalized spacial score (nSPS) is 12.5. The zero-order chi connectivity index (χ0) is 34.4. The molecule has 0 amide bonds. The minimum atomic E-state index is 0.616. The lowest BCUT2D eigenvalue weighted by atomic mass is 10.1. The van der Waals surface area contributed by atoms with Crippen molar-refractivity contribution in [2.24, 2.45) is 0 Å². The summed E-state index contributed by atoms with van der Waals surface area (Å²) in [6.07, 6.45) is 0. The Morgan fingerprint density at radius 1 is 0.288 bits per heavy atom. The number of fused-ring (bicyclic) bond motifs is 4. The van der Waals surface area contributed by atoms with E-state index < -0.39 is 0 Å². The first-order valence-corrected chi connectivity index (χ1v) is 17.3. The van der Waals surface area contributed by atoms with Gasteiger partial charge in [-0.05, 0) is 97.1 Å². The fraction of sp³-hybridized carbons (Fsp3) is 0. The molecular formula is C45H31N7. The van der Waals surface area contributed by atoms with E-state index in [1.807, 2.05) is 30.3 Å². The van der Waals surface area contributed by atoms with Crippen molar-refractivity contribution in [3.63, 3.8) is 0 Å². The van der Waals surface area contributed by atoms with Crippen LogP contribution in [0.5, 0.6) is 0 Å². The van der Waals surface area contributed by atoms with Gasteiger partial charge in [-0.3, -0.25) is 0 Å². The van der Waals surface area contributed by atoms with Gasteiger partial charge in [-0.15, -0.1) is 0 Å². The molecule has 0 unspecified atom stereocenters. The molecule has 52 heavy (non-hydrogen) atoms. The first kappa shape index (κ1) is 29.6. The van der Waals surface area contributed by atoms with Crippen LogP contribution in [0, 0.1) is 0 Å². The van der Waals surface area contributed by atoms with E-state index in [1.54, 1.807) is 0 Å².